The highest BCUT2D eigenvalue weighted by Gasteiger charge is 2.22. The van der Waals surface area contributed by atoms with Gasteiger partial charge in [0.15, 0.2) is 0 Å². The fourth-order valence-electron chi connectivity index (χ4n) is 2.44. The van der Waals surface area contributed by atoms with Crippen molar-refractivity contribution in [1.29, 1.82) is 0 Å². The van der Waals surface area contributed by atoms with Gasteiger partial charge in [0.2, 0.25) is 0 Å². The molecule has 0 N–H and O–H groups in total. The van der Waals surface area contributed by atoms with E-state index in [2.05, 4.69) is 11.2 Å². The molecule has 2 nitrogen and oxygen atoms in total. The molecule has 0 bridgehead atoms. The normalized spacial score (nSPS) is 19.6. The predicted octanol–water partition coefficient (Wildman–Crippen LogP) is 3.15. The molecule has 1 aromatic heterocycles. The van der Waals surface area contributed by atoms with Crippen LogP contribution in [0.3, 0.4) is 0 Å². The first-order chi connectivity index (χ1) is 7.25. The zero-order chi connectivity index (χ0) is 10.7. The molecule has 1 saturated carbocycles. The average molecular weight is 227 g/mol. The number of alkyl halides is 1. The van der Waals surface area contributed by atoms with E-state index in [4.69, 9.17) is 11.6 Å². The summed E-state index contributed by atoms with van der Waals surface area (Å²) in [6, 6.07) is 2.08. The van der Waals surface area contributed by atoms with Crippen LogP contribution in [0.4, 0.5) is 0 Å². The largest absolute Gasteiger partial charge is 0.276 e. The maximum Gasteiger partial charge on any atom is 0.0625 e. The van der Waals surface area contributed by atoms with Crippen LogP contribution in [-0.2, 0) is 13.5 Å². The zero-order valence-electron chi connectivity index (χ0n) is 9.32. The highest BCUT2D eigenvalue weighted by atomic mass is 35.5. The van der Waals surface area contributed by atoms with Crippen LogP contribution in [0.15, 0.2) is 12.3 Å². The Labute approximate surface area is 96.6 Å². The third kappa shape index (κ3) is 2.97. The quantitative estimate of drug-likeness (QED) is 0.722. The van der Waals surface area contributed by atoms with E-state index in [-0.39, 0.29) is 0 Å². The summed E-state index contributed by atoms with van der Waals surface area (Å²) in [4.78, 5) is 0. The molecule has 1 aliphatic carbocycles. The van der Waals surface area contributed by atoms with E-state index in [1.165, 1.54) is 31.4 Å². The molecule has 1 atom stereocenters. The van der Waals surface area contributed by atoms with Crippen molar-refractivity contribution in [3.05, 3.63) is 18.0 Å². The third-order valence-electron chi connectivity index (χ3n) is 3.36. The van der Waals surface area contributed by atoms with Crippen LogP contribution in [-0.4, -0.2) is 15.2 Å². The number of hydrogen-bond acceptors (Lipinski definition) is 1. The molecule has 1 unspecified atom stereocenters. The summed E-state index contributed by atoms with van der Waals surface area (Å²) >= 11 is 6.41. The van der Waals surface area contributed by atoms with Gasteiger partial charge in [-0.2, -0.15) is 5.10 Å². The van der Waals surface area contributed by atoms with E-state index in [1.54, 1.807) is 0 Å². The van der Waals surface area contributed by atoms with E-state index >= 15 is 0 Å². The van der Waals surface area contributed by atoms with Crippen LogP contribution in [0.1, 0.15) is 37.8 Å². The smallest absolute Gasteiger partial charge is 0.0625 e. The molecule has 0 aliphatic heterocycles. The predicted molar refractivity (Wildman–Crippen MR) is 63.1 cm³/mol. The molecule has 15 heavy (non-hydrogen) atoms. The van der Waals surface area contributed by atoms with Gasteiger partial charge in [0, 0.05) is 18.6 Å². The molecule has 2 rings (SSSR count). The Morgan fingerprint density at radius 1 is 1.53 bits per heavy atom. The van der Waals surface area contributed by atoms with Gasteiger partial charge >= 0.3 is 0 Å². The van der Waals surface area contributed by atoms with Crippen molar-refractivity contribution >= 4 is 11.6 Å². The second kappa shape index (κ2) is 5.02. The maximum absolute atomic E-state index is 6.41. The third-order valence-corrected chi connectivity index (χ3v) is 3.93. The lowest BCUT2D eigenvalue weighted by atomic mass is 9.99. The molecule has 1 fully saturated rings. The van der Waals surface area contributed by atoms with Crippen LogP contribution >= 0.6 is 11.6 Å². The molecule has 0 aromatic carbocycles. The van der Waals surface area contributed by atoms with Crippen molar-refractivity contribution in [3.8, 4) is 0 Å². The molecular formula is C12H19ClN2. The number of aromatic nitrogens is 2. The monoisotopic (exact) mass is 226 g/mol. The first-order valence-corrected chi connectivity index (χ1v) is 6.32. The molecule has 84 valence electrons. The van der Waals surface area contributed by atoms with Crippen molar-refractivity contribution in [2.75, 3.05) is 0 Å². The second-order valence-electron chi connectivity index (χ2n) is 4.58. The standard InChI is InChI=1S/C12H19ClN2/c1-15-9-8-11(14-15)6-7-12(13)10-4-2-3-5-10/h8-10,12H,2-7H2,1H3. The number of rotatable bonds is 4. The first-order valence-electron chi connectivity index (χ1n) is 5.88. The summed E-state index contributed by atoms with van der Waals surface area (Å²) in [7, 11) is 1.96. The summed E-state index contributed by atoms with van der Waals surface area (Å²) < 4.78 is 1.86. The van der Waals surface area contributed by atoms with Crippen molar-refractivity contribution in [3.63, 3.8) is 0 Å². The number of nitrogens with zero attached hydrogens (tertiary/aromatic N) is 2. The van der Waals surface area contributed by atoms with Crippen molar-refractivity contribution in [2.24, 2.45) is 13.0 Å². The Morgan fingerprint density at radius 3 is 2.87 bits per heavy atom. The summed E-state index contributed by atoms with van der Waals surface area (Å²) in [6.07, 6.45) is 9.49. The summed E-state index contributed by atoms with van der Waals surface area (Å²) in [6.45, 7) is 0. The molecule has 1 aliphatic rings. The molecule has 1 aromatic rings. The first kappa shape index (κ1) is 11.0. The zero-order valence-corrected chi connectivity index (χ0v) is 10.1. The van der Waals surface area contributed by atoms with Crippen molar-refractivity contribution in [1.82, 2.24) is 9.78 Å². The van der Waals surface area contributed by atoms with Crippen LogP contribution in [0.5, 0.6) is 0 Å². The lowest BCUT2D eigenvalue weighted by Crippen LogP contribution is -2.12. The molecule has 0 spiro atoms. The Balaban J connectivity index is 1.77. The van der Waals surface area contributed by atoms with Crippen LogP contribution in [0, 0.1) is 5.92 Å². The number of halogens is 1. The van der Waals surface area contributed by atoms with Gasteiger partial charge in [-0.25, -0.2) is 0 Å². The average Bonchev–Trinajstić information content (AvgIpc) is 2.84. The van der Waals surface area contributed by atoms with Gasteiger partial charge in [0.25, 0.3) is 0 Å². The maximum atomic E-state index is 6.41. The minimum Gasteiger partial charge on any atom is -0.276 e. The minimum atomic E-state index is 0.356. The summed E-state index contributed by atoms with van der Waals surface area (Å²) in [5, 5.41) is 4.72. The van der Waals surface area contributed by atoms with Gasteiger partial charge in [0.05, 0.1) is 5.69 Å². The van der Waals surface area contributed by atoms with Crippen molar-refractivity contribution in [2.45, 2.75) is 43.9 Å². The molecule has 0 radical (unpaired) electrons. The van der Waals surface area contributed by atoms with Gasteiger partial charge in [-0.05, 0) is 37.7 Å². The second-order valence-corrected chi connectivity index (χ2v) is 5.14. The van der Waals surface area contributed by atoms with Gasteiger partial charge in [-0.3, -0.25) is 4.68 Å². The van der Waals surface area contributed by atoms with Gasteiger partial charge in [0.1, 0.15) is 0 Å². The van der Waals surface area contributed by atoms with Crippen LogP contribution < -0.4 is 0 Å². The fourth-order valence-corrected chi connectivity index (χ4v) is 2.80. The van der Waals surface area contributed by atoms with Gasteiger partial charge in [-0.15, -0.1) is 11.6 Å². The fraction of sp³-hybridized carbons (Fsp3) is 0.750. The molecule has 1 heterocycles. The van der Waals surface area contributed by atoms with E-state index in [0.717, 1.165) is 18.8 Å². The Kier molecular flexibility index (Phi) is 3.68. The van der Waals surface area contributed by atoms with E-state index in [0.29, 0.717) is 5.38 Å². The SMILES string of the molecule is Cn1ccc(CCC(Cl)C2CCCC2)n1. The Morgan fingerprint density at radius 2 is 2.27 bits per heavy atom. The highest BCUT2D eigenvalue weighted by Crippen LogP contribution is 2.32. The van der Waals surface area contributed by atoms with Crippen molar-refractivity contribution < 1.29 is 0 Å². The lowest BCUT2D eigenvalue weighted by Gasteiger charge is -2.15. The summed E-state index contributed by atoms with van der Waals surface area (Å²) in [5.41, 5.74) is 1.17. The summed E-state index contributed by atoms with van der Waals surface area (Å²) in [5.74, 6) is 0.760. The minimum absolute atomic E-state index is 0.356. The van der Waals surface area contributed by atoms with Crippen LogP contribution in [0.25, 0.3) is 0 Å². The number of hydrogen-bond donors (Lipinski definition) is 0. The van der Waals surface area contributed by atoms with Crippen LogP contribution in [0.2, 0.25) is 0 Å². The van der Waals surface area contributed by atoms with E-state index in [9.17, 15) is 0 Å². The molecule has 3 heteroatoms. The molecule has 0 saturated heterocycles. The van der Waals surface area contributed by atoms with Gasteiger partial charge < -0.3 is 0 Å². The molecular weight excluding hydrogens is 208 g/mol. The highest BCUT2D eigenvalue weighted by molar-refractivity contribution is 6.20. The lowest BCUT2D eigenvalue weighted by molar-refractivity contribution is 0.490. The Hall–Kier alpha value is -0.500. The van der Waals surface area contributed by atoms with E-state index < -0.39 is 0 Å². The number of aryl methyl sites for hydroxylation is 2. The molecule has 0 amide bonds. The van der Waals surface area contributed by atoms with E-state index in [1.807, 2.05) is 17.9 Å². The topological polar surface area (TPSA) is 17.8 Å². The Bertz CT molecular complexity index is 302. The van der Waals surface area contributed by atoms with Gasteiger partial charge in [-0.1, -0.05) is 12.8 Å².